The van der Waals surface area contributed by atoms with Crippen LogP contribution in [0.15, 0.2) is 36.5 Å². The third-order valence-electron chi connectivity index (χ3n) is 2.04. The first-order valence-corrected chi connectivity index (χ1v) is 4.87. The van der Waals surface area contributed by atoms with Crippen molar-refractivity contribution >= 4 is 0 Å². The van der Waals surface area contributed by atoms with Gasteiger partial charge in [-0.25, -0.2) is 13.8 Å². The zero-order chi connectivity index (χ0) is 12.3. The Kier molecular flexibility index (Phi) is 3.30. The molecule has 3 nitrogen and oxygen atoms in total. The van der Waals surface area contributed by atoms with Crippen molar-refractivity contribution < 1.29 is 18.6 Å². The molecule has 1 aromatic carbocycles. The summed E-state index contributed by atoms with van der Waals surface area (Å²) in [5, 5.41) is 8.91. The molecule has 0 amide bonds. The molecule has 0 fully saturated rings. The SMILES string of the molecule is OCc1ccnc(Oc2cc(F)cc(F)c2)c1. The molecule has 2 aromatic rings. The molecule has 17 heavy (non-hydrogen) atoms. The second-order valence-corrected chi connectivity index (χ2v) is 3.37. The highest BCUT2D eigenvalue weighted by Crippen LogP contribution is 2.22. The molecule has 0 spiro atoms. The van der Waals surface area contributed by atoms with Gasteiger partial charge in [-0.1, -0.05) is 0 Å². The second-order valence-electron chi connectivity index (χ2n) is 3.37. The van der Waals surface area contributed by atoms with Gasteiger partial charge in [-0.2, -0.15) is 0 Å². The molecule has 0 aliphatic heterocycles. The summed E-state index contributed by atoms with van der Waals surface area (Å²) in [5.41, 5.74) is 0.604. The summed E-state index contributed by atoms with van der Waals surface area (Å²) in [6.45, 7) is -0.156. The van der Waals surface area contributed by atoms with E-state index in [1.807, 2.05) is 0 Å². The van der Waals surface area contributed by atoms with Crippen LogP contribution in [0, 0.1) is 11.6 Å². The van der Waals surface area contributed by atoms with E-state index in [9.17, 15) is 8.78 Å². The maximum Gasteiger partial charge on any atom is 0.219 e. The average molecular weight is 237 g/mol. The van der Waals surface area contributed by atoms with E-state index in [0.717, 1.165) is 18.2 Å². The Morgan fingerprint density at radius 1 is 1.12 bits per heavy atom. The lowest BCUT2D eigenvalue weighted by Gasteiger charge is -2.05. The Morgan fingerprint density at radius 2 is 1.82 bits per heavy atom. The third-order valence-corrected chi connectivity index (χ3v) is 2.04. The molecular weight excluding hydrogens is 228 g/mol. The van der Waals surface area contributed by atoms with Crippen molar-refractivity contribution in [3.63, 3.8) is 0 Å². The summed E-state index contributed by atoms with van der Waals surface area (Å²) in [4.78, 5) is 3.86. The molecule has 1 heterocycles. The maximum absolute atomic E-state index is 12.9. The van der Waals surface area contributed by atoms with Crippen LogP contribution in [-0.4, -0.2) is 10.1 Å². The standard InChI is InChI=1S/C12H9F2NO2/c13-9-4-10(14)6-11(5-9)17-12-3-8(7-16)1-2-15-12/h1-6,16H,7H2. The predicted molar refractivity (Wildman–Crippen MR) is 56.6 cm³/mol. The van der Waals surface area contributed by atoms with Crippen LogP contribution in [0.5, 0.6) is 11.6 Å². The molecular formula is C12H9F2NO2. The monoisotopic (exact) mass is 237 g/mol. The lowest BCUT2D eigenvalue weighted by atomic mass is 10.3. The third kappa shape index (κ3) is 2.98. The van der Waals surface area contributed by atoms with Crippen molar-refractivity contribution in [3.05, 3.63) is 53.7 Å². The van der Waals surface area contributed by atoms with Gasteiger partial charge in [-0.3, -0.25) is 0 Å². The topological polar surface area (TPSA) is 42.4 Å². The van der Waals surface area contributed by atoms with E-state index < -0.39 is 11.6 Å². The van der Waals surface area contributed by atoms with Crippen molar-refractivity contribution in [2.75, 3.05) is 0 Å². The van der Waals surface area contributed by atoms with Crippen LogP contribution >= 0.6 is 0 Å². The van der Waals surface area contributed by atoms with Crippen molar-refractivity contribution in [3.8, 4) is 11.6 Å². The van der Waals surface area contributed by atoms with Crippen LogP contribution in [0.3, 0.4) is 0 Å². The highest BCUT2D eigenvalue weighted by Gasteiger charge is 2.04. The number of ether oxygens (including phenoxy) is 1. The Hall–Kier alpha value is -2.01. The van der Waals surface area contributed by atoms with E-state index in [0.29, 0.717) is 5.56 Å². The van der Waals surface area contributed by atoms with E-state index in [-0.39, 0.29) is 18.2 Å². The highest BCUT2D eigenvalue weighted by molar-refractivity contribution is 5.29. The fraction of sp³-hybridized carbons (Fsp3) is 0.0833. The van der Waals surface area contributed by atoms with Crippen LogP contribution in [0.25, 0.3) is 0 Å². The van der Waals surface area contributed by atoms with E-state index in [1.54, 1.807) is 6.07 Å². The quantitative estimate of drug-likeness (QED) is 0.892. The largest absolute Gasteiger partial charge is 0.439 e. The summed E-state index contributed by atoms with van der Waals surface area (Å²) in [5.74, 6) is -1.26. The number of halogens is 2. The van der Waals surface area contributed by atoms with Crippen molar-refractivity contribution in [2.45, 2.75) is 6.61 Å². The van der Waals surface area contributed by atoms with Crippen molar-refractivity contribution in [2.24, 2.45) is 0 Å². The normalized spacial score (nSPS) is 10.3. The zero-order valence-corrected chi connectivity index (χ0v) is 8.73. The molecule has 0 aliphatic rings. The number of rotatable bonds is 3. The van der Waals surface area contributed by atoms with Crippen LogP contribution in [0.2, 0.25) is 0 Å². The average Bonchev–Trinajstić information content (AvgIpc) is 2.28. The van der Waals surface area contributed by atoms with Gasteiger partial charge in [0.1, 0.15) is 17.4 Å². The molecule has 0 saturated carbocycles. The minimum atomic E-state index is -0.724. The molecule has 0 aliphatic carbocycles. The van der Waals surface area contributed by atoms with E-state index >= 15 is 0 Å². The van der Waals surface area contributed by atoms with Crippen molar-refractivity contribution in [1.29, 1.82) is 0 Å². The lowest BCUT2D eigenvalue weighted by molar-refractivity contribution is 0.281. The van der Waals surface area contributed by atoms with Gasteiger partial charge in [0, 0.05) is 30.5 Å². The number of aliphatic hydroxyl groups excluding tert-OH is 1. The molecule has 88 valence electrons. The number of benzene rings is 1. The van der Waals surface area contributed by atoms with E-state index in [1.165, 1.54) is 12.3 Å². The highest BCUT2D eigenvalue weighted by atomic mass is 19.1. The molecule has 5 heteroatoms. The molecule has 1 aromatic heterocycles. The predicted octanol–water partition coefficient (Wildman–Crippen LogP) is 2.64. The first-order chi connectivity index (χ1) is 8.17. The Balaban J connectivity index is 2.24. The van der Waals surface area contributed by atoms with Gasteiger partial charge >= 0.3 is 0 Å². The van der Waals surface area contributed by atoms with Crippen molar-refractivity contribution in [1.82, 2.24) is 4.98 Å². The van der Waals surface area contributed by atoms with E-state index in [2.05, 4.69) is 4.98 Å². The van der Waals surface area contributed by atoms with E-state index in [4.69, 9.17) is 9.84 Å². The number of hydrogen-bond donors (Lipinski definition) is 1. The minimum Gasteiger partial charge on any atom is -0.439 e. The van der Waals surface area contributed by atoms with Gasteiger partial charge in [-0.15, -0.1) is 0 Å². The Morgan fingerprint density at radius 3 is 2.47 bits per heavy atom. The fourth-order valence-corrected chi connectivity index (χ4v) is 1.31. The summed E-state index contributed by atoms with van der Waals surface area (Å²) in [6, 6.07) is 5.96. The first kappa shape index (κ1) is 11.5. The van der Waals surface area contributed by atoms with Gasteiger partial charge in [-0.05, 0) is 11.6 Å². The molecule has 0 unspecified atom stereocenters. The zero-order valence-electron chi connectivity index (χ0n) is 8.73. The van der Waals surface area contributed by atoms with Gasteiger partial charge < -0.3 is 9.84 Å². The fourth-order valence-electron chi connectivity index (χ4n) is 1.31. The van der Waals surface area contributed by atoms with Gasteiger partial charge in [0.25, 0.3) is 0 Å². The van der Waals surface area contributed by atoms with Gasteiger partial charge in [0.05, 0.1) is 6.61 Å². The molecule has 2 rings (SSSR count). The van der Waals surface area contributed by atoms with Crippen LogP contribution in [0.4, 0.5) is 8.78 Å². The summed E-state index contributed by atoms with van der Waals surface area (Å²) >= 11 is 0. The van der Waals surface area contributed by atoms with Crippen LogP contribution in [0.1, 0.15) is 5.56 Å². The molecule has 0 atom stereocenters. The van der Waals surface area contributed by atoms with Gasteiger partial charge in [0.2, 0.25) is 5.88 Å². The number of pyridine rings is 1. The number of hydrogen-bond acceptors (Lipinski definition) is 3. The second kappa shape index (κ2) is 4.88. The smallest absolute Gasteiger partial charge is 0.219 e. The molecule has 0 bridgehead atoms. The minimum absolute atomic E-state index is 0.0186. The van der Waals surface area contributed by atoms with Gasteiger partial charge in [0.15, 0.2) is 0 Å². The van der Waals surface area contributed by atoms with Crippen LogP contribution < -0.4 is 4.74 Å². The summed E-state index contributed by atoms with van der Waals surface area (Å²) in [7, 11) is 0. The number of aromatic nitrogens is 1. The Bertz CT molecular complexity index is 511. The summed E-state index contributed by atoms with van der Waals surface area (Å²) in [6.07, 6.45) is 1.44. The molecule has 1 N–H and O–H groups in total. The lowest BCUT2D eigenvalue weighted by Crippen LogP contribution is -1.92. The first-order valence-electron chi connectivity index (χ1n) is 4.87. The number of nitrogens with zero attached hydrogens (tertiary/aromatic N) is 1. The Labute approximate surface area is 96.3 Å². The number of aliphatic hydroxyl groups is 1. The van der Waals surface area contributed by atoms with Crippen LogP contribution in [-0.2, 0) is 6.61 Å². The molecule has 0 radical (unpaired) electrons. The maximum atomic E-state index is 12.9. The summed E-state index contributed by atoms with van der Waals surface area (Å²) < 4.78 is 31.0. The molecule has 0 saturated heterocycles.